The normalized spacial score (nSPS) is 30.3. The molecule has 0 unspecified atom stereocenters. The highest BCUT2D eigenvalue weighted by Crippen LogP contribution is 2.49. The number of rotatable bonds is 5. The van der Waals surface area contributed by atoms with Gasteiger partial charge in [-0.05, 0) is 37.6 Å². The fourth-order valence-corrected chi connectivity index (χ4v) is 3.71. The van der Waals surface area contributed by atoms with E-state index in [-0.39, 0.29) is 0 Å². The molecule has 0 spiro atoms. The Balaban J connectivity index is 1.36. The van der Waals surface area contributed by atoms with Crippen LogP contribution in [-0.2, 0) is 0 Å². The Kier molecular flexibility index (Phi) is 3.65. The van der Waals surface area contributed by atoms with Gasteiger partial charge in [0, 0.05) is 52.4 Å². The van der Waals surface area contributed by atoms with E-state index >= 15 is 0 Å². The Hall–Kier alpha value is -0.120. The maximum atomic E-state index is 2.72. The van der Waals surface area contributed by atoms with Crippen LogP contribution < -0.4 is 0 Å². The molecule has 3 nitrogen and oxygen atoms in total. The second-order valence-corrected chi connectivity index (χ2v) is 7.02. The van der Waals surface area contributed by atoms with Gasteiger partial charge in [0.2, 0.25) is 0 Å². The summed E-state index contributed by atoms with van der Waals surface area (Å²) in [5.74, 6) is 0.951. The summed E-state index contributed by atoms with van der Waals surface area (Å²) in [4.78, 5) is 7.85. The topological polar surface area (TPSA) is 9.72 Å². The summed E-state index contributed by atoms with van der Waals surface area (Å²) >= 11 is 0. The van der Waals surface area contributed by atoms with Gasteiger partial charge < -0.3 is 14.7 Å². The van der Waals surface area contributed by atoms with Crippen molar-refractivity contribution >= 4 is 0 Å². The summed E-state index contributed by atoms with van der Waals surface area (Å²) < 4.78 is 0. The smallest absolute Gasteiger partial charge is 0.0110 e. The molecule has 0 aromatic rings. The van der Waals surface area contributed by atoms with E-state index in [1.807, 2.05) is 0 Å². The maximum Gasteiger partial charge on any atom is 0.0110 e. The third-order valence-corrected chi connectivity index (χ3v) is 5.39. The minimum Gasteiger partial charge on any atom is -0.306 e. The standard InChI is InChI=1S/C15H29N3/c1-3-15(4-5-15)13-18-8-6-17(7-9-18)12-14-10-16(2)11-14/h14H,3-13H2,1-2H3. The molecule has 2 aliphatic heterocycles. The SMILES string of the molecule is CCC1(CN2CCN(CC3CN(C)C3)CC2)CC1. The quantitative estimate of drug-likeness (QED) is 0.730. The van der Waals surface area contributed by atoms with Gasteiger partial charge in [-0.15, -0.1) is 0 Å². The number of nitrogens with zero attached hydrogens (tertiary/aromatic N) is 3. The Bertz CT molecular complexity index is 273. The zero-order chi connectivity index (χ0) is 12.6. The van der Waals surface area contributed by atoms with E-state index in [0.717, 1.165) is 11.3 Å². The van der Waals surface area contributed by atoms with Gasteiger partial charge in [-0.2, -0.15) is 0 Å². The van der Waals surface area contributed by atoms with Crippen LogP contribution in [0.3, 0.4) is 0 Å². The van der Waals surface area contributed by atoms with Crippen LogP contribution in [0.2, 0.25) is 0 Å². The molecule has 0 aromatic carbocycles. The molecule has 18 heavy (non-hydrogen) atoms. The van der Waals surface area contributed by atoms with Gasteiger partial charge in [-0.25, -0.2) is 0 Å². The van der Waals surface area contributed by atoms with Crippen LogP contribution in [0, 0.1) is 11.3 Å². The molecule has 3 heteroatoms. The average Bonchev–Trinajstić information content (AvgIpc) is 3.10. The van der Waals surface area contributed by atoms with E-state index in [1.165, 1.54) is 71.6 Å². The molecule has 2 heterocycles. The van der Waals surface area contributed by atoms with E-state index in [1.54, 1.807) is 0 Å². The summed E-state index contributed by atoms with van der Waals surface area (Å²) in [6, 6.07) is 0. The maximum absolute atomic E-state index is 2.72. The van der Waals surface area contributed by atoms with Crippen molar-refractivity contribution in [2.45, 2.75) is 26.2 Å². The predicted octanol–water partition coefficient (Wildman–Crippen LogP) is 1.36. The van der Waals surface area contributed by atoms with E-state index < -0.39 is 0 Å². The summed E-state index contributed by atoms with van der Waals surface area (Å²) in [5, 5.41) is 0. The van der Waals surface area contributed by atoms with Gasteiger partial charge in [0.25, 0.3) is 0 Å². The molecular formula is C15H29N3. The van der Waals surface area contributed by atoms with Crippen molar-refractivity contribution in [1.29, 1.82) is 0 Å². The fourth-order valence-electron chi connectivity index (χ4n) is 3.71. The molecule has 3 aliphatic rings. The number of hydrogen-bond donors (Lipinski definition) is 0. The summed E-state index contributed by atoms with van der Waals surface area (Å²) in [5.41, 5.74) is 0.735. The minimum atomic E-state index is 0.735. The molecule has 1 saturated carbocycles. The van der Waals surface area contributed by atoms with Gasteiger partial charge in [-0.1, -0.05) is 6.92 Å². The Morgan fingerprint density at radius 1 is 1.00 bits per heavy atom. The largest absolute Gasteiger partial charge is 0.306 e. The Morgan fingerprint density at radius 3 is 2.11 bits per heavy atom. The molecule has 0 N–H and O–H groups in total. The number of piperazine rings is 1. The lowest BCUT2D eigenvalue weighted by molar-refractivity contribution is 0.0560. The third kappa shape index (κ3) is 2.89. The van der Waals surface area contributed by atoms with Crippen molar-refractivity contribution in [3.05, 3.63) is 0 Å². The molecule has 2 saturated heterocycles. The lowest BCUT2D eigenvalue weighted by atomic mass is 10.00. The number of hydrogen-bond acceptors (Lipinski definition) is 3. The lowest BCUT2D eigenvalue weighted by Crippen LogP contribution is -2.54. The average molecular weight is 251 g/mol. The van der Waals surface area contributed by atoms with Crippen LogP contribution in [0.4, 0.5) is 0 Å². The van der Waals surface area contributed by atoms with Crippen LogP contribution in [0.5, 0.6) is 0 Å². The first-order chi connectivity index (χ1) is 8.69. The van der Waals surface area contributed by atoms with Crippen molar-refractivity contribution in [2.24, 2.45) is 11.3 Å². The van der Waals surface area contributed by atoms with Gasteiger partial charge >= 0.3 is 0 Å². The van der Waals surface area contributed by atoms with Crippen molar-refractivity contribution in [3.63, 3.8) is 0 Å². The van der Waals surface area contributed by atoms with Gasteiger partial charge in [0.1, 0.15) is 0 Å². The van der Waals surface area contributed by atoms with Crippen LogP contribution in [0.15, 0.2) is 0 Å². The zero-order valence-electron chi connectivity index (χ0n) is 12.2. The minimum absolute atomic E-state index is 0.735. The first-order valence-corrected chi connectivity index (χ1v) is 7.82. The summed E-state index contributed by atoms with van der Waals surface area (Å²) in [7, 11) is 2.23. The van der Waals surface area contributed by atoms with Crippen LogP contribution in [-0.4, -0.2) is 74.1 Å². The fraction of sp³-hybridized carbons (Fsp3) is 1.00. The van der Waals surface area contributed by atoms with Crippen molar-refractivity contribution in [3.8, 4) is 0 Å². The molecule has 0 amide bonds. The summed E-state index contributed by atoms with van der Waals surface area (Å²) in [6.07, 6.45) is 4.36. The highest BCUT2D eigenvalue weighted by atomic mass is 15.3. The Morgan fingerprint density at radius 2 is 1.61 bits per heavy atom. The molecule has 1 aliphatic carbocycles. The second-order valence-electron chi connectivity index (χ2n) is 7.02. The molecule has 3 fully saturated rings. The molecular weight excluding hydrogens is 222 g/mol. The Labute approximate surface area is 112 Å². The van der Waals surface area contributed by atoms with E-state index in [4.69, 9.17) is 0 Å². The third-order valence-electron chi connectivity index (χ3n) is 5.39. The van der Waals surface area contributed by atoms with E-state index in [2.05, 4.69) is 28.7 Å². The molecule has 0 aromatic heterocycles. The zero-order valence-corrected chi connectivity index (χ0v) is 12.2. The molecule has 0 radical (unpaired) electrons. The van der Waals surface area contributed by atoms with E-state index in [0.29, 0.717) is 0 Å². The van der Waals surface area contributed by atoms with Crippen molar-refractivity contribution in [2.75, 3.05) is 59.4 Å². The van der Waals surface area contributed by atoms with Gasteiger partial charge in [0.05, 0.1) is 0 Å². The van der Waals surface area contributed by atoms with Crippen molar-refractivity contribution in [1.82, 2.24) is 14.7 Å². The lowest BCUT2D eigenvalue weighted by Gasteiger charge is -2.42. The molecule has 3 rings (SSSR count). The number of likely N-dealkylation sites (tertiary alicyclic amines) is 1. The van der Waals surface area contributed by atoms with Crippen LogP contribution in [0.25, 0.3) is 0 Å². The first-order valence-electron chi connectivity index (χ1n) is 7.82. The van der Waals surface area contributed by atoms with Gasteiger partial charge in [0.15, 0.2) is 0 Å². The van der Waals surface area contributed by atoms with Crippen LogP contribution >= 0.6 is 0 Å². The highest BCUT2D eigenvalue weighted by molar-refractivity contribution is 4.95. The van der Waals surface area contributed by atoms with Crippen LogP contribution in [0.1, 0.15) is 26.2 Å². The van der Waals surface area contributed by atoms with Gasteiger partial charge in [-0.3, -0.25) is 0 Å². The second kappa shape index (κ2) is 5.10. The summed E-state index contributed by atoms with van der Waals surface area (Å²) in [6.45, 7) is 13.0. The van der Waals surface area contributed by atoms with E-state index in [9.17, 15) is 0 Å². The molecule has 0 bridgehead atoms. The predicted molar refractivity (Wildman–Crippen MR) is 75.8 cm³/mol. The van der Waals surface area contributed by atoms with Crippen molar-refractivity contribution < 1.29 is 0 Å². The first kappa shape index (κ1) is 12.9. The monoisotopic (exact) mass is 251 g/mol. The molecule has 0 atom stereocenters. The highest BCUT2D eigenvalue weighted by Gasteiger charge is 2.42. The molecule has 104 valence electrons.